The predicted octanol–water partition coefficient (Wildman–Crippen LogP) is -0.866. The summed E-state index contributed by atoms with van der Waals surface area (Å²) in [5.41, 5.74) is 6.78. The summed E-state index contributed by atoms with van der Waals surface area (Å²) in [6, 6.07) is 0. The second-order valence-corrected chi connectivity index (χ2v) is 3.05. The number of nitrogen functional groups attached to an aromatic ring is 1. The number of rotatable bonds is 0. The van der Waals surface area contributed by atoms with E-state index in [1.54, 1.807) is 0 Å². The second-order valence-electron chi connectivity index (χ2n) is 3.05. The molecule has 0 radical (unpaired) electrons. The molecule has 8 heteroatoms. The van der Waals surface area contributed by atoms with Gasteiger partial charge < -0.3 is 10.7 Å². The van der Waals surface area contributed by atoms with E-state index in [4.69, 9.17) is 5.73 Å². The van der Waals surface area contributed by atoms with Crippen LogP contribution in [0.2, 0.25) is 0 Å². The maximum atomic E-state index is 10.0. The highest BCUT2D eigenvalue weighted by Crippen LogP contribution is 2.09. The van der Waals surface area contributed by atoms with Crippen molar-refractivity contribution in [2.45, 2.75) is 0 Å². The Hall–Kier alpha value is -2.77. The number of nitrogens with one attached hydrogen (secondary N) is 2. The number of carbonyl (C=O) groups excluding carboxylic acids is 2. The van der Waals surface area contributed by atoms with Crippen molar-refractivity contribution < 1.29 is 9.59 Å². The minimum Gasteiger partial charge on any atom is -0.382 e. The number of nitrogens with zero attached hydrogens (tertiary/aromatic N) is 3. The molecule has 17 heavy (non-hydrogen) atoms. The molecule has 2 amide bonds. The van der Waals surface area contributed by atoms with E-state index in [0.29, 0.717) is 17.0 Å². The van der Waals surface area contributed by atoms with E-state index < -0.39 is 0 Å². The Morgan fingerprint density at radius 3 is 2.29 bits per heavy atom. The van der Waals surface area contributed by atoms with Gasteiger partial charge in [-0.15, -0.1) is 0 Å². The molecule has 0 aromatic carbocycles. The fourth-order valence-corrected chi connectivity index (χ4v) is 1.14. The van der Waals surface area contributed by atoms with Gasteiger partial charge >= 0.3 is 0 Å². The summed E-state index contributed by atoms with van der Waals surface area (Å²) in [7, 11) is 0. The number of carbonyl (C=O) groups is 2. The molecule has 2 aromatic rings. The van der Waals surface area contributed by atoms with E-state index >= 15 is 0 Å². The third-order valence-electron chi connectivity index (χ3n) is 1.88. The number of fused-ring (bicyclic) bond motifs is 1. The fourth-order valence-electron chi connectivity index (χ4n) is 1.14. The summed E-state index contributed by atoms with van der Waals surface area (Å²) in [6.07, 6.45) is 5.32. The highest BCUT2D eigenvalue weighted by Gasteiger charge is 2.06. The number of imide groups is 1. The van der Waals surface area contributed by atoms with Crippen molar-refractivity contribution in [3.05, 3.63) is 24.8 Å². The molecular formula is C9H8N6O2. The summed E-state index contributed by atoms with van der Waals surface area (Å²) >= 11 is 0. The summed E-state index contributed by atoms with van der Waals surface area (Å²) in [4.78, 5) is 34.4. The molecule has 0 bridgehead atoms. The standard InChI is InChI=1S/C5H5N5.C4H3NO2/c6-4-3-5(9-1-7-3)10-2-8-4;6-3-1-2-4(7)5-3/h1-2H,(H3,6,7,8,9,10);1-2H,(H,5,6,7). The number of imidazole rings is 1. The van der Waals surface area contributed by atoms with Crippen molar-refractivity contribution in [2.24, 2.45) is 0 Å². The first kappa shape index (κ1) is 10.7. The molecule has 0 saturated heterocycles. The van der Waals surface area contributed by atoms with Crippen LogP contribution in [0, 0.1) is 0 Å². The SMILES string of the molecule is Nc1ncnc2nc[nH]c12.O=C1C=CC(=O)N1. The maximum Gasteiger partial charge on any atom is 0.250 e. The minimum absolute atomic E-state index is 0.329. The Kier molecular flexibility index (Phi) is 2.77. The molecule has 1 aliphatic rings. The van der Waals surface area contributed by atoms with Gasteiger partial charge in [0.15, 0.2) is 11.5 Å². The molecular weight excluding hydrogens is 224 g/mol. The molecule has 86 valence electrons. The second kappa shape index (κ2) is 4.39. The lowest BCUT2D eigenvalue weighted by Gasteiger charge is -1.89. The topological polar surface area (TPSA) is 127 Å². The van der Waals surface area contributed by atoms with Crippen molar-refractivity contribution in [3.8, 4) is 0 Å². The molecule has 0 spiro atoms. The van der Waals surface area contributed by atoms with E-state index in [1.807, 2.05) is 5.32 Å². The first-order valence-corrected chi connectivity index (χ1v) is 4.59. The van der Waals surface area contributed by atoms with Gasteiger partial charge in [-0.3, -0.25) is 14.9 Å². The van der Waals surface area contributed by atoms with Crippen molar-refractivity contribution in [1.29, 1.82) is 0 Å². The Labute approximate surface area is 95.0 Å². The van der Waals surface area contributed by atoms with Crippen LogP contribution in [0.4, 0.5) is 5.82 Å². The van der Waals surface area contributed by atoms with Gasteiger partial charge in [0, 0.05) is 12.2 Å². The third kappa shape index (κ3) is 2.43. The number of amides is 2. The van der Waals surface area contributed by atoms with Crippen LogP contribution in [-0.4, -0.2) is 31.8 Å². The van der Waals surface area contributed by atoms with Crippen molar-refractivity contribution in [2.75, 3.05) is 5.73 Å². The van der Waals surface area contributed by atoms with Crippen LogP contribution in [0.15, 0.2) is 24.8 Å². The number of hydrogen-bond donors (Lipinski definition) is 3. The lowest BCUT2D eigenvalue weighted by Crippen LogP contribution is -2.19. The van der Waals surface area contributed by atoms with Crippen LogP contribution in [0.1, 0.15) is 0 Å². The average Bonchev–Trinajstić information content (AvgIpc) is 2.89. The highest BCUT2D eigenvalue weighted by molar-refractivity contribution is 6.12. The summed E-state index contributed by atoms with van der Waals surface area (Å²) in [6.45, 7) is 0. The van der Waals surface area contributed by atoms with Crippen LogP contribution in [-0.2, 0) is 9.59 Å². The van der Waals surface area contributed by atoms with Gasteiger partial charge in [-0.05, 0) is 0 Å². The molecule has 0 aliphatic carbocycles. The van der Waals surface area contributed by atoms with Crippen LogP contribution >= 0.6 is 0 Å². The van der Waals surface area contributed by atoms with Crippen LogP contribution in [0.3, 0.4) is 0 Å². The molecule has 1 aliphatic heterocycles. The van der Waals surface area contributed by atoms with Crippen LogP contribution in [0.5, 0.6) is 0 Å². The number of aromatic nitrogens is 4. The number of H-pyrrole nitrogens is 1. The lowest BCUT2D eigenvalue weighted by molar-refractivity contribution is -0.123. The molecule has 2 aromatic heterocycles. The Morgan fingerprint density at radius 1 is 1.06 bits per heavy atom. The fraction of sp³-hybridized carbons (Fsp3) is 0. The van der Waals surface area contributed by atoms with Crippen molar-refractivity contribution in [3.63, 3.8) is 0 Å². The molecule has 8 nitrogen and oxygen atoms in total. The number of hydrogen-bond acceptors (Lipinski definition) is 6. The van der Waals surface area contributed by atoms with E-state index in [2.05, 4.69) is 19.9 Å². The van der Waals surface area contributed by atoms with E-state index in [1.165, 1.54) is 24.8 Å². The summed E-state index contributed by atoms with van der Waals surface area (Å²) in [5, 5.41) is 2.03. The molecule has 4 N–H and O–H groups in total. The van der Waals surface area contributed by atoms with Crippen LogP contribution < -0.4 is 11.1 Å². The lowest BCUT2D eigenvalue weighted by atomic mass is 10.5. The van der Waals surface area contributed by atoms with Gasteiger partial charge in [0.2, 0.25) is 0 Å². The Balaban J connectivity index is 0.000000136. The zero-order valence-electron chi connectivity index (χ0n) is 8.54. The number of anilines is 1. The van der Waals surface area contributed by atoms with Gasteiger partial charge in [-0.25, -0.2) is 15.0 Å². The summed E-state index contributed by atoms with van der Waals surface area (Å²) < 4.78 is 0. The highest BCUT2D eigenvalue weighted by atomic mass is 16.2. The molecule has 0 saturated carbocycles. The Morgan fingerprint density at radius 2 is 1.76 bits per heavy atom. The average molecular weight is 232 g/mol. The van der Waals surface area contributed by atoms with Gasteiger partial charge in [0.05, 0.1) is 6.33 Å². The van der Waals surface area contributed by atoms with Gasteiger partial charge in [0.1, 0.15) is 11.8 Å². The van der Waals surface area contributed by atoms with E-state index in [0.717, 1.165) is 0 Å². The third-order valence-corrected chi connectivity index (χ3v) is 1.88. The Bertz CT molecular complexity index is 586. The van der Waals surface area contributed by atoms with Crippen molar-refractivity contribution >= 4 is 28.8 Å². The minimum atomic E-state index is -0.329. The van der Waals surface area contributed by atoms with E-state index in [9.17, 15) is 9.59 Å². The predicted molar refractivity (Wildman–Crippen MR) is 58.4 cm³/mol. The first-order chi connectivity index (χ1) is 8.16. The van der Waals surface area contributed by atoms with Gasteiger partial charge in [0.25, 0.3) is 11.8 Å². The zero-order valence-corrected chi connectivity index (χ0v) is 8.54. The largest absolute Gasteiger partial charge is 0.382 e. The quantitative estimate of drug-likeness (QED) is 0.507. The maximum absolute atomic E-state index is 10.0. The zero-order chi connectivity index (χ0) is 12.3. The number of aromatic amines is 1. The smallest absolute Gasteiger partial charge is 0.250 e. The molecule has 3 rings (SSSR count). The number of nitrogens with two attached hydrogens (primary N) is 1. The molecule has 0 atom stereocenters. The molecule has 3 heterocycles. The van der Waals surface area contributed by atoms with Crippen LogP contribution in [0.25, 0.3) is 11.2 Å². The van der Waals surface area contributed by atoms with Crippen molar-refractivity contribution in [1.82, 2.24) is 25.3 Å². The molecule has 0 unspecified atom stereocenters. The molecule has 0 fully saturated rings. The normalized spacial score (nSPS) is 13.4. The van der Waals surface area contributed by atoms with Gasteiger partial charge in [-0.1, -0.05) is 0 Å². The van der Waals surface area contributed by atoms with E-state index in [-0.39, 0.29) is 11.8 Å². The summed E-state index contributed by atoms with van der Waals surface area (Å²) in [5.74, 6) is -0.225. The monoisotopic (exact) mass is 232 g/mol. The first-order valence-electron chi connectivity index (χ1n) is 4.59. The van der Waals surface area contributed by atoms with Gasteiger partial charge in [-0.2, -0.15) is 0 Å².